The maximum atomic E-state index is 9.48. The molecule has 0 aromatic heterocycles. The van der Waals surface area contributed by atoms with Crippen LogP contribution in [0.2, 0.25) is 0 Å². The van der Waals surface area contributed by atoms with Crippen LogP contribution in [-0.2, 0) is 6.54 Å². The number of hydrogen-bond donors (Lipinski definition) is 1. The van der Waals surface area contributed by atoms with Gasteiger partial charge in [-0.05, 0) is 24.7 Å². The molecule has 0 aliphatic rings. The molecule has 1 rings (SSSR count). The number of hydrogen-bond acceptors (Lipinski definition) is 3. The molecule has 1 aromatic carbocycles. The second-order valence-electron chi connectivity index (χ2n) is 3.85. The Kier molecular flexibility index (Phi) is 5.80. The molecule has 0 saturated carbocycles. The number of alkyl halides is 1. The standard InChI is InChI=1S/C12H18BrNO2/c1-14(9-11(15)7-13)8-10-3-5-12(16-2)6-4-10/h3-6,11,15H,7-9H2,1-2H3. The first-order chi connectivity index (χ1) is 7.65. The molecule has 0 heterocycles. The Balaban J connectivity index is 2.46. The van der Waals surface area contributed by atoms with Crippen LogP contribution < -0.4 is 4.74 Å². The molecule has 4 heteroatoms. The van der Waals surface area contributed by atoms with Crippen LogP contribution in [0.4, 0.5) is 0 Å². The van der Waals surface area contributed by atoms with Crippen molar-refractivity contribution in [2.45, 2.75) is 12.6 Å². The fourth-order valence-corrected chi connectivity index (χ4v) is 1.72. The smallest absolute Gasteiger partial charge is 0.118 e. The summed E-state index contributed by atoms with van der Waals surface area (Å²) < 4.78 is 5.10. The first kappa shape index (κ1) is 13.5. The van der Waals surface area contributed by atoms with Crippen LogP contribution >= 0.6 is 15.9 Å². The molecule has 0 aliphatic carbocycles. The van der Waals surface area contributed by atoms with E-state index in [9.17, 15) is 5.11 Å². The first-order valence-corrected chi connectivity index (χ1v) is 6.33. The van der Waals surface area contributed by atoms with Crippen molar-refractivity contribution in [3.8, 4) is 5.75 Å². The third-order valence-electron chi connectivity index (χ3n) is 2.31. The highest BCUT2D eigenvalue weighted by Crippen LogP contribution is 2.12. The SMILES string of the molecule is COc1ccc(CN(C)CC(O)CBr)cc1. The number of halogens is 1. The maximum absolute atomic E-state index is 9.48. The molecule has 1 atom stereocenters. The van der Waals surface area contributed by atoms with Gasteiger partial charge in [-0.1, -0.05) is 28.1 Å². The molecule has 1 unspecified atom stereocenters. The molecule has 1 aromatic rings. The number of aliphatic hydroxyl groups is 1. The lowest BCUT2D eigenvalue weighted by molar-refractivity contribution is 0.143. The largest absolute Gasteiger partial charge is 0.497 e. The minimum absolute atomic E-state index is 0.316. The van der Waals surface area contributed by atoms with E-state index in [0.717, 1.165) is 12.3 Å². The predicted octanol–water partition coefficient (Wildman–Crippen LogP) is 1.88. The number of ether oxygens (including phenoxy) is 1. The number of nitrogens with zero attached hydrogens (tertiary/aromatic N) is 1. The molecule has 16 heavy (non-hydrogen) atoms. The van der Waals surface area contributed by atoms with Gasteiger partial charge in [0.1, 0.15) is 5.75 Å². The van der Waals surface area contributed by atoms with Crippen LogP contribution in [0.25, 0.3) is 0 Å². The van der Waals surface area contributed by atoms with Crippen molar-refractivity contribution < 1.29 is 9.84 Å². The van der Waals surface area contributed by atoms with Gasteiger partial charge in [0.15, 0.2) is 0 Å². The summed E-state index contributed by atoms with van der Waals surface area (Å²) in [5, 5.41) is 10.1. The minimum atomic E-state index is -0.316. The Labute approximate surface area is 105 Å². The van der Waals surface area contributed by atoms with E-state index in [0.29, 0.717) is 11.9 Å². The van der Waals surface area contributed by atoms with Crippen LogP contribution in [0.1, 0.15) is 5.56 Å². The Morgan fingerprint density at radius 1 is 1.38 bits per heavy atom. The summed E-state index contributed by atoms with van der Waals surface area (Å²) >= 11 is 3.25. The molecule has 0 saturated heterocycles. The number of benzene rings is 1. The van der Waals surface area contributed by atoms with Gasteiger partial charge < -0.3 is 9.84 Å². The van der Waals surface area contributed by atoms with E-state index < -0.39 is 0 Å². The molecule has 1 N–H and O–H groups in total. The Morgan fingerprint density at radius 3 is 2.50 bits per heavy atom. The Morgan fingerprint density at radius 2 is 2.00 bits per heavy atom. The lowest BCUT2D eigenvalue weighted by atomic mass is 10.2. The van der Waals surface area contributed by atoms with Crippen molar-refractivity contribution in [2.75, 3.05) is 26.0 Å². The lowest BCUT2D eigenvalue weighted by Crippen LogP contribution is -2.29. The summed E-state index contributed by atoms with van der Waals surface area (Å²) in [7, 11) is 3.66. The van der Waals surface area contributed by atoms with Crippen molar-refractivity contribution in [1.82, 2.24) is 4.90 Å². The fourth-order valence-electron chi connectivity index (χ4n) is 1.52. The summed E-state index contributed by atoms with van der Waals surface area (Å²) in [5.74, 6) is 0.867. The lowest BCUT2D eigenvalue weighted by Gasteiger charge is -2.19. The monoisotopic (exact) mass is 287 g/mol. The van der Waals surface area contributed by atoms with Gasteiger partial charge in [-0.25, -0.2) is 0 Å². The molecule has 3 nitrogen and oxygen atoms in total. The molecule has 0 spiro atoms. The minimum Gasteiger partial charge on any atom is -0.497 e. The fraction of sp³-hybridized carbons (Fsp3) is 0.500. The first-order valence-electron chi connectivity index (χ1n) is 5.21. The summed E-state index contributed by atoms with van der Waals surface area (Å²) in [5.41, 5.74) is 1.21. The van der Waals surface area contributed by atoms with Gasteiger partial charge in [-0.15, -0.1) is 0 Å². The van der Waals surface area contributed by atoms with Crippen molar-refractivity contribution >= 4 is 15.9 Å². The predicted molar refractivity (Wildman–Crippen MR) is 69.1 cm³/mol. The van der Waals surface area contributed by atoms with Crippen LogP contribution in [0, 0.1) is 0 Å². The van der Waals surface area contributed by atoms with Gasteiger partial charge in [-0.3, -0.25) is 4.90 Å². The van der Waals surface area contributed by atoms with E-state index in [2.05, 4.69) is 20.8 Å². The summed E-state index contributed by atoms with van der Waals surface area (Å²) in [4.78, 5) is 2.09. The summed E-state index contributed by atoms with van der Waals surface area (Å²) in [6, 6.07) is 7.97. The Bertz CT molecular complexity index is 302. The zero-order valence-corrected chi connectivity index (χ0v) is 11.3. The van der Waals surface area contributed by atoms with Gasteiger partial charge in [0.25, 0.3) is 0 Å². The summed E-state index contributed by atoms with van der Waals surface area (Å²) in [6.07, 6.45) is -0.316. The highest BCUT2D eigenvalue weighted by atomic mass is 79.9. The van der Waals surface area contributed by atoms with E-state index in [4.69, 9.17) is 4.74 Å². The Hall–Kier alpha value is -0.580. The van der Waals surface area contributed by atoms with Crippen molar-refractivity contribution in [3.63, 3.8) is 0 Å². The average Bonchev–Trinajstić information content (AvgIpc) is 2.29. The molecule has 0 aliphatic heterocycles. The number of aliphatic hydroxyl groups excluding tert-OH is 1. The van der Waals surface area contributed by atoms with Gasteiger partial charge in [0.2, 0.25) is 0 Å². The van der Waals surface area contributed by atoms with E-state index in [1.807, 2.05) is 31.3 Å². The van der Waals surface area contributed by atoms with Gasteiger partial charge in [0.05, 0.1) is 13.2 Å². The normalized spacial score (nSPS) is 12.8. The van der Waals surface area contributed by atoms with Crippen molar-refractivity contribution in [2.24, 2.45) is 0 Å². The second kappa shape index (κ2) is 6.89. The maximum Gasteiger partial charge on any atom is 0.118 e. The zero-order valence-electron chi connectivity index (χ0n) is 9.69. The third kappa shape index (κ3) is 4.51. The molecule has 0 amide bonds. The van der Waals surface area contributed by atoms with E-state index in [1.165, 1.54) is 5.56 Å². The zero-order chi connectivity index (χ0) is 12.0. The van der Waals surface area contributed by atoms with E-state index in [-0.39, 0.29) is 6.10 Å². The van der Waals surface area contributed by atoms with Crippen LogP contribution in [0.5, 0.6) is 5.75 Å². The van der Waals surface area contributed by atoms with Crippen LogP contribution in [0.15, 0.2) is 24.3 Å². The van der Waals surface area contributed by atoms with Crippen molar-refractivity contribution in [3.05, 3.63) is 29.8 Å². The summed E-state index contributed by atoms with van der Waals surface area (Å²) in [6.45, 7) is 1.49. The molecular weight excluding hydrogens is 270 g/mol. The molecular formula is C12H18BrNO2. The molecule has 0 radical (unpaired) electrons. The van der Waals surface area contributed by atoms with Crippen LogP contribution in [-0.4, -0.2) is 42.1 Å². The molecule has 0 bridgehead atoms. The van der Waals surface area contributed by atoms with E-state index in [1.54, 1.807) is 7.11 Å². The number of methoxy groups -OCH3 is 1. The van der Waals surface area contributed by atoms with Crippen LogP contribution in [0.3, 0.4) is 0 Å². The third-order valence-corrected chi connectivity index (χ3v) is 3.06. The van der Waals surface area contributed by atoms with Gasteiger partial charge in [0, 0.05) is 18.4 Å². The topological polar surface area (TPSA) is 32.7 Å². The van der Waals surface area contributed by atoms with Gasteiger partial charge in [-0.2, -0.15) is 0 Å². The number of rotatable bonds is 6. The van der Waals surface area contributed by atoms with E-state index >= 15 is 0 Å². The highest BCUT2D eigenvalue weighted by Gasteiger charge is 2.06. The van der Waals surface area contributed by atoms with Crippen molar-refractivity contribution in [1.29, 1.82) is 0 Å². The van der Waals surface area contributed by atoms with Gasteiger partial charge >= 0.3 is 0 Å². The number of likely N-dealkylation sites (N-methyl/N-ethyl adjacent to an activating group) is 1. The molecule has 90 valence electrons. The highest BCUT2D eigenvalue weighted by molar-refractivity contribution is 9.09. The second-order valence-corrected chi connectivity index (χ2v) is 4.50. The average molecular weight is 288 g/mol. The molecule has 0 fully saturated rings. The quantitative estimate of drug-likeness (QED) is 0.811.